The monoisotopic (exact) mass is 291 g/mol. The van der Waals surface area contributed by atoms with Crippen LogP contribution < -0.4 is 11.1 Å². The molecule has 0 aliphatic carbocycles. The third-order valence-electron chi connectivity index (χ3n) is 3.88. The first-order valence-corrected chi connectivity index (χ1v) is 7.70. The molecule has 0 aromatic heterocycles. The lowest BCUT2D eigenvalue weighted by molar-refractivity contribution is 0.304. The molecule has 1 aromatic carbocycles. The van der Waals surface area contributed by atoms with Gasteiger partial charge >= 0.3 is 0 Å². The van der Waals surface area contributed by atoms with E-state index in [0.29, 0.717) is 5.84 Å². The Balaban J connectivity index is 2.10. The maximum Gasteiger partial charge on any atom is 0.144 e. The molecular weight excluding hydrogens is 262 g/mol. The Morgan fingerprint density at radius 3 is 2.71 bits per heavy atom. The molecule has 4 heteroatoms. The van der Waals surface area contributed by atoms with Crippen LogP contribution in [0.2, 0.25) is 0 Å². The summed E-state index contributed by atoms with van der Waals surface area (Å²) < 4.78 is 0. The van der Waals surface area contributed by atoms with Crippen molar-refractivity contribution in [2.24, 2.45) is 16.3 Å². The van der Waals surface area contributed by atoms with E-state index in [0.717, 1.165) is 38.8 Å². The second-order valence-corrected chi connectivity index (χ2v) is 6.32. The highest BCUT2D eigenvalue weighted by Crippen LogP contribution is 2.23. The molecule has 0 atom stereocenters. The first kappa shape index (κ1) is 17.5. The van der Waals surface area contributed by atoms with Gasteiger partial charge in [0.05, 0.1) is 0 Å². The lowest BCUT2D eigenvalue weighted by Crippen LogP contribution is -2.32. The molecule has 0 saturated carbocycles. The van der Waals surface area contributed by atoms with Crippen LogP contribution in [0.15, 0.2) is 29.4 Å². The SMILES string of the molecule is Cc1cccc(CCNCCCCC(C)(C)/C(N)=N/O)c1. The fourth-order valence-electron chi connectivity index (χ4n) is 2.31. The van der Waals surface area contributed by atoms with E-state index in [-0.39, 0.29) is 5.41 Å². The number of hydrogen-bond acceptors (Lipinski definition) is 3. The second-order valence-electron chi connectivity index (χ2n) is 6.32. The summed E-state index contributed by atoms with van der Waals surface area (Å²) in [5.74, 6) is 0.315. The van der Waals surface area contributed by atoms with Crippen molar-refractivity contribution in [2.75, 3.05) is 13.1 Å². The fraction of sp³-hybridized carbons (Fsp3) is 0.588. The van der Waals surface area contributed by atoms with Crippen LogP contribution >= 0.6 is 0 Å². The maximum atomic E-state index is 8.72. The summed E-state index contributed by atoms with van der Waals surface area (Å²) in [7, 11) is 0. The molecule has 1 aromatic rings. The summed E-state index contributed by atoms with van der Waals surface area (Å²) in [4.78, 5) is 0. The van der Waals surface area contributed by atoms with E-state index in [1.54, 1.807) is 0 Å². The number of aryl methyl sites for hydroxylation is 1. The number of rotatable bonds is 9. The number of hydrogen-bond donors (Lipinski definition) is 3. The van der Waals surface area contributed by atoms with Crippen molar-refractivity contribution in [2.45, 2.75) is 46.5 Å². The van der Waals surface area contributed by atoms with E-state index in [1.807, 2.05) is 13.8 Å². The molecule has 1 rings (SSSR count). The molecule has 0 unspecified atom stereocenters. The van der Waals surface area contributed by atoms with E-state index in [2.05, 4.69) is 41.7 Å². The van der Waals surface area contributed by atoms with Gasteiger partial charge in [-0.3, -0.25) is 0 Å². The first-order valence-electron chi connectivity index (χ1n) is 7.70. The van der Waals surface area contributed by atoms with Gasteiger partial charge in [0.1, 0.15) is 5.84 Å². The van der Waals surface area contributed by atoms with Crippen LogP contribution in [0.25, 0.3) is 0 Å². The number of unbranched alkanes of at least 4 members (excludes halogenated alkanes) is 1. The van der Waals surface area contributed by atoms with Crippen LogP contribution in [0.3, 0.4) is 0 Å². The van der Waals surface area contributed by atoms with Gasteiger partial charge < -0.3 is 16.3 Å². The minimum absolute atomic E-state index is 0.226. The largest absolute Gasteiger partial charge is 0.409 e. The highest BCUT2D eigenvalue weighted by molar-refractivity contribution is 5.85. The zero-order valence-corrected chi connectivity index (χ0v) is 13.5. The lowest BCUT2D eigenvalue weighted by atomic mass is 9.86. The molecule has 4 N–H and O–H groups in total. The molecule has 0 radical (unpaired) electrons. The van der Waals surface area contributed by atoms with E-state index >= 15 is 0 Å². The van der Waals surface area contributed by atoms with Gasteiger partial charge in [-0.2, -0.15) is 0 Å². The molecule has 0 fully saturated rings. The number of nitrogens with zero attached hydrogens (tertiary/aromatic N) is 1. The summed E-state index contributed by atoms with van der Waals surface area (Å²) in [6, 6.07) is 8.65. The highest BCUT2D eigenvalue weighted by atomic mass is 16.4. The summed E-state index contributed by atoms with van der Waals surface area (Å²) in [6.45, 7) is 8.16. The Kier molecular flexibility index (Phi) is 7.23. The zero-order chi connectivity index (χ0) is 15.7. The quantitative estimate of drug-likeness (QED) is 0.215. The van der Waals surface area contributed by atoms with Crippen LogP contribution in [0, 0.1) is 12.3 Å². The van der Waals surface area contributed by atoms with Crippen LogP contribution in [0.1, 0.15) is 44.2 Å². The number of nitrogens with two attached hydrogens (primary N) is 1. The van der Waals surface area contributed by atoms with Gasteiger partial charge in [-0.1, -0.05) is 55.3 Å². The van der Waals surface area contributed by atoms with Crippen molar-refractivity contribution in [3.8, 4) is 0 Å². The molecule has 0 aliphatic rings. The molecule has 0 aliphatic heterocycles. The number of benzene rings is 1. The van der Waals surface area contributed by atoms with Gasteiger partial charge in [-0.15, -0.1) is 0 Å². The average molecular weight is 291 g/mol. The Hall–Kier alpha value is -1.55. The van der Waals surface area contributed by atoms with Crippen molar-refractivity contribution in [1.29, 1.82) is 0 Å². The van der Waals surface area contributed by atoms with E-state index in [4.69, 9.17) is 10.9 Å². The smallest absolute Gasteiger partial charge is 0.144 e. The number of amidine groups is 1. The predicted molar refractivity (Wildman–Crippen MR) is 88.8 cm³/mol. The van der Waals surface area contributed by atoms with Crippen LogP contribution in [0.5, 0.6) is 0 Å². The van der Waals surface area contributed by atoms with Crippen molar-refractivity contribution in [1.82, 2.24) is 5.32 Å². The van der Waals surface area contributed by atoms with Crippen molar-refractivity contribution >= 4 is 5.84 Å². The van der Waals surface area contributed by atoms with Gasteiger partial charge in [0.2, 0.25) is 0 Å². The maximum absolute atomic E-state index is 8.72. The summed E-state index contributed by atoms with van der Waals surface area (Å²) in [5.41, 5.74) is 8.15. The van der Waals surface area contributed by atoms with Crippen LogP contribution in [0.4, 0.5) is 0 Å². The predicted octanol–water partition coefficient (Wildman–Crippen LogP) is 3.07. The topological polar surface area (TPSA) is 70.6 Å². The standard InChI is InChI=1S/C17H29N3O/c1-14-7-6-8-15(13-14)9-12-19-11-5-4-10-17(2,3)16(18)20-21/h6-8,13,19,21H,4-5,9-12H2,1-3H3,(H2,18,20). The number of oxime groups is 1. The first-order chi connectivity index (χ1) is 9.95. The van der Waals surface area contributed by atoms with Crippen LogP contribution in [-0.2, 0) is 6.42 Å². The molecule has 118 valence electrons. The van der Waals surface area contributed by atoms with Gasteiger partial charge in [0.25, 0.3) is 0 Å². The van der Waals surface area contributed by atoms with Gasteiger partial charge in [-0.25, -0.2) is 0 Å². The second kappa shape index (κ2) is 8.67. The Labute approximate surface area is 128 Å². The molecule has 21 heavy (non-hydrogen) atoms. The normalized spacial score (nSPS) is 12.6. The van der Waals surface area contributed by atoms with Gasteiger partial charge in [0.15, 0.2) is 0 Å². The Morgan fingerprint density at radius 2 is 2.05 bits per heavy atom. The molecular formula is C17H29N3O. The van der Waals surface area contributed by atoms with Crippen LogP contribution in [-0.4, -0.2) is 24.1 Å². The average Bonchev–Trinajstić information content (AvgIpc) is 2.45. The molecule has 0 saturated heterocycles. The van der Waals surface area contributed by atoms with E-state index < -0.39 is 0 Å². The third-order valence-corrected chi connectivity index (χ3v) is 3.88. The summed E-state index contributed by atoms with van der Waals surface area (Å²) in [5, 5.41) is 15.3. The Bertz CT molecular complexity index is 455. The third kappa shape index (κ3) is 6.63. The summed E-state index contributed by atoms with van der Waals surface area (Å²) >= 11 is 0. The zero-order valence-electron chi connectivity index (χ0n) is 13.5. The molecule has 4 nitrogen and oxygen atoms in total. The molecule has 0 spiro atoms. The Morgan fingerprint density at radius 1 is 1.29 bits per heavy atom. The number of nitrogens with one attached hydrogen (secondary N) is 1. The van der Waals surface area contributed by atoms with Crippen molar-refractivity contribution in [3.05, 3.63) is 35.4 Å². The lowest BCUT2D eigenvalue weighted by Gasteiger charge is -2.22. The summed E-state index contributed by atoms with van der Waals surface area (Å²) in [6.07, 6.45) is 4.18. The molecule has 0 bridgehead atoms. The minimum Gasteiger partial charge on any atom is -0.409 e. The molecule has 0 heterocycles. The molecule has 0 amide bonds. The van der Waals surface area contributed by atoms with E-state index in [1.165, 1.54) is 11.1 Å². The van der Waals surface area contributed by atoms with Crippen molar-refractivity contribution < 1.29 is 5.21 Å². The fourth-order valence-corrected chi connectivity index (χ4v) is 2.31. The van der Waals surface area contributed by atoms with E-state index in [9.17, 15) is 0 Å². The van der Waals surface area contributed by atoms with Crippen molar-refractivity contribution in [3.63, 3.8) is 0 Å². The van der Waals surface area contributed by atoms with Gasteiger partial charge in [0, 0.05) is 5.41 Å². The van der Waals surface area contributed by atoms with Gasteiger partial charge in [-0.05, 0) is 44.8 Å². The highest BCUT2D eigenvalue weighted by Gasteiger charge is 2.22. The minimum atomic E-state index is -0.226.